The van der Waals surface area contributed by atoms with Gasteiger partial charge in [0.05, 0.1) is 22.4 Å². The van der Waals surface area contributed by atoms with E-state index >= 15 is 0 Å². The van der Waals surface area contributed by atoms with Gasteiger partial charge in [0.25, 0.3) is 6.33 Å². The first-order valence-corrected chi connectivity index (χ1v) is 20.1. The molecule has 0 atom stereocenters. The van der Waals surface area contributed by atoms with Crippen molar-refractivity contribution in [2.24, 2.45) is 0 Å². The second-order valence-corrected chi connectivity index (χ2v) is 17.5. The van der Waals surface area contributed by atoms with Gasteiger partial charge in [-0.15, -0.1) is 5.54 Å². The van der Waals surface area contributed by atoms with E-state index in [4.69, 9.17) is 5.23 Å². The van der Waals surface area contributed by atoms with Crippen molar-refractivity contribution < 1.29 is 26.9 Å². The number of nitrogens with zero attached hydrogens (tertiary/aromatic N) is 4. The SMILES string of the molecule is CC(C)c1cccc(C(C)C)c1-n1[c-][n+](-c2c(C(C)C)cccc2C(C)C)c2ccccc21.CC1(C)[N-]B2c3ccccc3-c3ccccc3N2C1(C)C.[Au]. The van der Waals surface area contributed by atoms with Crippen molar-refractivity contribution >= 4 is 29.2 Å². The number of benzene rings is 5. The van der Waals surface area contributed by atoms with E-state index in [9.17, 15) is 0 Å². The van der Waals surface area contributed by atoms with E-state index in [0.29, 0.717) is 23.7 Å². The molecular formula is C49H58AuBN4-. The van der Waals surface area contributed by atoms with Crippen LogP contribution in [0, 0.1) is 6.33 Å². The summed E-state index contributed by atoms with van der Waals surface area (Å²) < 4.78 is 4.64. The fourth-order valence-electron chi connectivity index (χ4n) is 8.57. The van der Waals surface area contributed by atoms with Crippen LogP contribution in [0.3, 0.4) is 0 Å². The van der Waals surface area contributed by atoms with E-state index in [1.807, 2.05) is 0 Å². The Bertz CT molecular complexity index is 2160. The van der Waals surface area contributed by atoms with Gasteiger partial charge in [0, 0.05) is 39.2 Å². The van der Waals surface area contributed by atoms with Crippen LogP contribution in [-0.2, 0) is 22.4 Å². The molecule has 1 saturated heterocycles. The fourth-order valence-corrected chi connectivity index (χ4v) is 8.57. The van der Waals surface area contributed by atoms with Crippen LogP contribution in [0.5, 0.6) is 0 Å². The summed E-state index contributed by atoms with van der Waals surface area (Å²) in [7, 11) is 0. The molecule has 2 aliphatic rings. The summed E-state index contributed by atoms with van der Waals surface area (Å²) in [5.41, 5.74) is 15.6. The molecule has 3 heterocycles. The Morgan fingerprint density at radius 3 is 1.65 bits per heavy atom. The van der Waals surface area contributed by atoms with Crippen molar-refractivity contribution in [2.45, 2.75) is 118 Å². The first kappa shape index (κ1) is 40.8. The quantitative estimate of drug-likeness (QED) is 0.0929. The Balaban J connectivity index is 0.000000201. The van der Waals surface area contributed by atoms with E-state index in [1.165, 1.54) is 66.9 Å². The number of hydrogen-bond acceptors (Lipinski definition) is 1. The molecule has 0 spiro atoms. The minimum atomic E-state index is -0.0811. The molecule has 0 bridgehead atoms. The van der Waals surface area contributed by atoms with Gasteiger partial charge in [0.15, 0.2) is 6.98 Å². The molecule has 5 aromatic carbocycles. The Morgan fingerprint density at radius 2 is 1.07 bits per heavy atom. The zero-order valence-corrected chi connectivity index (χ0v) is 37.0. The average molecular weight is 911 g/mol. The second-order valence-electron chi connectivity index (χ2n) is 17.5. The maximum Gasteiger partial charge on any atom is 0.269 e. The van der Waals surface area contributed by atoms with Gasteiger partial charge in [-0.2, -0.15) is 0 Å². The van der Waals surface area contributed by atoms with Gasteiger partial charge in [-0.05, 0) is 71.4 Å². The van der Waals surface area contributed by atoms with E-state index in [0.717, 1.165) is 0 Å². The van der Waals surface area contributed by atoms with Gasteiger partial charge in [-0.3, -0.25) is 9.13 Å². The van der Waals surface area contributed by atoms with Crippen molar-refractivity contribution in [2.75, 3.05) is 4.81 Å². The Kier molecular flexibility index (Phi) is 11.6. The van der Waals surface area contributed by atoms with Gasteiger partial charge in [-0.25, -0.2) is 0 Å². The molecule has 8 rings (SSSR count). The van der Waals surface area contributed by atoms with Gasteiger partial charge in [0.2, 0.25) is 0 Å². The minimum Gasteiger partial charge on any atom is -0.656 e. The number of aromatic nitrogens is 2. The molecular weight excluding hydrogens is 852 g/mol. The van der Waals surface area contributed by atoms with Crippen LogP contribution in [0.1, 0.15) is 129 Å². The molecule has 0 aliphatic carbocycles. The summed E-state index contributed by atoms with van der Waals surface area (Å²) in [6, 6.07) is 39.7. The van der Waals surface area contributed by atoms with E-state index < -0.39 is 0 Å². The number of para-hydroxylation sites is 5. The Morgan fingerprint density at radius 1 is 0.582 bits per heavy atom. The predicted octanol–water partition coefficient (Wildman–Crippen LogP) is 12.0. The largest absolute Gasteiger partial charge is 0.656 e. The third kappa shape index (κ3) is 6.97. The average Bonchev–Trinajstić information content (AvgIpc) is 3.62. The van der Waals surface area contributed by atoms with E-state index in [-0.39, 0.29) is 40.4 Å². The predicted molar refractivity (Wildman–Crippen MR) is 231 cm³/mol. The van der Waals surface area contributed by atoms with Crippen molar-refractivity contribution in [1.29, 1.82) is 0 Å². The van der Waals surface area contributed by atoms with E-state index in [1.54, 1.807) is 0 Å². The summed E-state index contributed by atoms with van der Waals surface area (Å²) in [6.07, 6.45) is 3.84. The number of fused-ring (bicyclic) bond motifs is 7. The second kappa shape index (κ2) is 15.6. The van der Waals surface area contributed by atoms with Gasteiger partial charge < -0.3 is 10.0 Å². The van der Waals surface area contributed by atoms with Gasteiger partial charge >= 0.3 is 0 Å². The number of imidazole rings is 1. The molecule has 0 N–H and O–H groups in total. The van der Waals surface area contributed by atoms with Crippen LogP contribution in [0.25, 0.3) is 38.8 Å². The van der Waals surface area contributed by atoms with Gasteiger partial charge in [0.1, 0.15) is 0 Å². The van der Waals surface area contributed by atoms with E-state index in [2.05, 4.69) is 213 Å². The van der Waals surface area contributed by atoms with Crippen molar-refractivity contribution in [3.8, 4) is 22.5 Å². The maximum absolute atomic E-state index is 5.16. The molecule has 2 aliphatic heterocycles. The molecule has 1 radical (unpaired) electrons. The number of hydrogen-bond donors (Lipinski definition) is 0. The van der Waals surface area contributed by atoms with Crippen LogP contribution in [0.4, 0.5) is 5.69 Å². The molecule has 55 heavy (non-hydrogen) atoms. The number of rotatable bonds is 6. The maximum atomic E-state index is 5.16. The topological polar surface area (TPSA) is 26.1 Å². The third-order valence-corrected chi connectivity index (χ3v) is 12.2. The third-order valence-electron chi connectivity index (χ3n) is 12.2. The van der Waals surface area contributed by atoms with Crippen LogP contribution in [0.15, 0.2) is 109 Å². The minimum absolute atomic E-state index is 0. The van der Waals surface area contributed by atoms with Crippen LogP contribution >= 0.6 is 0 Å². The Hall–Kier alpha value is -3.86. The molecule has 289 valence electrons. The molecule has 6 heteroatoms. The molecule has 0 saturated carbocycles. The fraction of sp³-hybridized carbons (Fsp3) is 0.367. The zero-order chi connectivity index (χ0) is 38.7. The van der Waals surface area contributed by atoms with Crippen LogP contribution in [-0.4, -0.2) is 22.6 Å². The summed E-state index contributed by atoms with van der Waals surface area (Å²) in [6.45, 7) is 27.5. The summed E-state index contributed by atoms with van der Waals surface area (Å²) in [5.74, 6) is 1.71. The Labute approximate surface area is 347 Å². The van der Waals surface area contributed by atoms with Crippen molar-refractivity contribution in [1.82, 2.24) is 4.57 Å². The van der Waals surface area contributed by atoms with Crippen LogP contribution in [0.2, 0.25) is 0 Å². The summed E-state index contributed by atoms with van der Waals surface area (Å²) in [4.78, 5) is 2.50. The molecule has 1 fully saturated rings. The smallest absolute Gasteiger partial charge is 0.269 e. The zero-order valence-electron chi connectivity index (χ0n) is 34.9. The summed E-state index contributed by atoms with van der Waals surface area (Å²) in [5, 5.41) is 5.16. The first-order valence-electron chi connectivity index (χ1n) is 20.1. The van der Waals surface area contributed by atoms with Crippen LogP contribution < -0.4 is 14.8 Å². The molecule has 1 aromatic heterocycles. The monoisotopic (exact) mass is 910 g/mol. The number of anilines is 1. The summed E-state index contributed by atoms with van der Waals surface area (Å²) >= 11 is 0. The molecule has 0 unspecified atom stereocenters. The first-order chi connectivity index (χ1) is 25.7. The van der Waals surface area contributed by atoms with Gasteiger partial charge in [-0.1, -0.05) is 178 Å². The van der Waals surface area contributed by atoms with Crippen molar-refractivity contribution in [3.63, 3.8) is 0 Å². The molecule has 0 amide bonds. The standard InChI is InChI=1S/C31H38N2.C18H20BN2.Au/c1-20(2)24-13-11-14-25(21(3)4)30(24)32-19-33(29-18-10-9-17-28(29)32)31-26(22(5)6)15-12-16-27(31)23(7)8;1-17(2)18(3,4)21-16-12-8-6-10-14(16)13-9-5-7-11-15(13)19(21)20-17;/h9-18,20-23H,1-8H3;5-12H,1-4H3;/q;-1;. The molecule has 4 nitrogen and oxygen atoms in total. The molecule has 6 aromatic rings. The van der Waals surface area contributed by atoms with Crippen molar-refractivity contribution in [3.05, 3.63) is 143 Å². The normalized spacial score (nSPS) is 15.2.